The number of benzene rings is 3. The molecule has 3 N–H and O–H groups in total. The molecular formula is C27H27N3O3. The molecule has 0 saturated heterocycles. The summed E-state index contributed by atoms with van der Waals surface area (Å²) in [5.74, 6) is 0.423. The smallest absolute Gasteiger partial charge is 0.271 e. The number of H-pyrrole nitrogens is 1. The predicted molar refractivity (Wildman–Crippen MR) is 132 cm³/mol. The molecule has 1 amide bonds. The van der Waals surface area contributed by atoms with Gasteiger partial charge in [0.05, 0.1) is 19.0 Å². The lowest BCUT2D eigenvalue weighted by atomic mass is 10.0. The number of rotatable bonds is 8. The Labute approximate surface area is 192 Å². The Bertz CT molecular complexity index is 1290. The van der Waals surface area contributed by atoms with E-state index in [9.17, 15) is 9.90 Å². The molecule has 0 fully saturated rings. The zero-order valence-corrected chi connectivity index (χ0v) is 18.8. The number of aryl methyl sites for hydroxylation is 1. The van der Waals surface area contributed by atoms with Gasteiger partial charge in [-0.25, -0.2) is 5.43 Å². The number of phenols is 1. The van der Waals surface area contributed by atoms with Crippen LogP contribution in [0.2, 0.25) is 0 Å². The molecular weight excluding hydrogens is 414 g/mol. The van der Waals surface area contributed by atoms with Crippen molar-refractivity contribution in [2.75, 3.05) is 7.11 Å². The van der Waals surface area contributed by atoms with E-state index in [4.69, 9.17) is 4.74 Å². The van der Waals surface area contributed by atoms with Crippen molar-refractivity contribution < 1.29 is 14.6 Å². The summed E-state index contributed by atoms with van der Waals surface area (Å²) in [6.45, 7) is 2.18. The fourth-order valence-corrected chi connectivity index (χ4v) is 3.78. The number of hydrogen-bond donors (Lipinski definition) is 3. The number of ether oxygens (including phenoxy) is 1. The van der Waals surface area contributed by atoms with Crippen LogP contribution in [0.4, 0.5) is 0 Å². The van der Waals surface area contributed by atoms with Gasteiger partial charge in [0.25, 0.3) is 5.91 Å². The summed E-state index contributed by atoms with van der Waals surface area (Å²) in [4.78, 5) is 15.9. The number of hydrogen-bond acceptors (Lipinski definition) is 4. The van der Waals surface area contributed by atoms with Crippen molar-refractivity contribution in [3.8, 4) is 22.8 Å². The molecule has 33 heavy (non-hydrogen) atoms. The van der Waals surface area contributed by atoms with E-state index in [-0.39, 0.29) is 5.75 Å². The molecule has 6 nitrogen and oxygen atoms in total. The van der Waals surface area contributed by atoms with Crippen molar-refractivity contribution in [3.63, 3.8) is 0 Å². The number of carbonyl (C=O) groups is 1. The molecule has 0 aliphatic carbocycles. The van der Waals surface area contributed by atoms with Gasteiger partial charge < -0.3 is 14.8 Å². The Balaban J connectivity index is 1.70. The van der Waals surface area contributed by atoms with Gasteiger partial charge in [-0.15, -0.1) is 0 Å². The summed E-state index contributed by atoms with van der Waals surface area (Å²) >= 11 is 0. The SMILES string of the molecule is CCCCc1ccc2[nH]c(-c3ccc(OC)cc3)c(/C=N/NC(=O)c3cccc(O)c3)c2c1. The first kappa shape index (κ1) is 22.1. The molecule has 0 spiro atoms. The summed E-state index contributed by atoms with van der Waals surface area (Å²) in [5, 5.41) is 14.9. The number of methoxy groups -OCH3 is 1. The first-order chi connectivity index (χ1) is 16.1. The van der Waals surface area contributed by atoms with E-state index >= 15 is 0 Å². The highest BCUT2D eigenvalue weighted by molar-refractivity contribution is 6.06. The summed E-state index contributed by atoms with van der Waals surface area (Å²) in [7, 11) is 1.64. The van der Waals surface area contributed by atoms with Crippen molar-refractivity contribution in [3.05, 3.63) is 83.4 Å². The Morgan fingerprint density at radius 3 is 2.67 bits per heavy atom. The van der Waals surface area contributed by atoms with Crippen molar-refractivity contribution >= 4 is 23.0 Å². The summed E-state index contributed by atoms with van der Waals surface area (Å²) in [6, 6.07) is 20.4. The third kappa shape index (κ3) is 5.06. The second kappa shape index (κ2) is 10.0. The quantitative estimate of drug-likeness (QED) is 0.244. The first-order valence-electron chi connectivity index (χ1n) is 11.0. The fourth-order valence-electron chi connectivity index (χ4n) is 3.78. The van der Waals surface area contributed by atoms with E-state index in [0.29, 0.717) is 5.56 Å². The molecule has 1 heterocycles. The van der Waals surface area contributed by atoms with Gasteiger partial charge in [0, 0.05) is 22.0 Å². The zero-order valence-electron chi connectivity index (χ0n) is 18.8. The first-order valence-corrected chi connectivity index (χ1v) is 11.0. The zero-order chi connectivity index (χ0) is 23.2. The van der Waals surface area contributed by atoms with Crippen LogP contribution in [0.5, 0.6) is 11.5 Å². The largest absolute Gasteiger partial charge is 0.508 e. The maximum atomic E-state index is 12.4. The number of aromatic amines is 1. The van der Waals surface area contributed by atoms with Crippen molar-refractivity contribution in [1.82, 2.24) is 10.4 Å². The maximum absolute atomic E-state index is 12.4. The minimum atomic E-state index is -0.392. The highest BCUT2D eigenvalue weighted by Gasteiger charge is 2.13. The molecule has 6 heteroatoms. The van der Waals surface area contributed by atoms with E-state index in [1.165, 1.54) is 17.7 Å². The van der Waals surface area contributed by atoms with Crippen LogP contribution in [0.1, 0.15) is 41.3 Å². The van der Waals surface area contributed by atoms with Crippen molar-refractivity contribution in [2.45, 2.75) is 26.2 Å². The maximum Gasteiger partial charge on any atom is 0.271 e. The van der Waals surface area contributed by atoms with E-state index in [0.717, 1.165) is 52.7 Å². The van der Waals surface area contributed by atoms with Gasteiger partial charge in [-0.3, -0.25) is 4.79 Å². The van der Waals surface area contributed by atoms with Crippen LogP contribution in [0.25, 0.3) is 22.2 Å². The second-order valence-corrected chi connectivity index (χ2v) is 7.88. The number of unbranched alkanes of at least 4 members (excludes halogenated alkanes) is 1. The molecule has 168 valence electrons. The number of amides is 1. The summed E-state index contributed by atoms with van der Waals surface area (Å²) in [6.07, 6.45) is 4.95. The number of fused-ring (bicyclic) bond motifs is 1. The predicted octanol–water partition coefficient (Wildman–Crippen LogP) is 5.66. The van der Waals surface area contributed by atoms with Crippen LogP contribution in [-0.4, -0.2) is 29.3 Å². The standard InChI is InChI=1S/C27H27N3O3/c1-3-4-6-18-9-14-25-23(15-18)24(26(29-25)19-10-12-22(33-2)13-11-19)17-28-30-27(32)20-7-5-8-21(31)16-20/h5,7-17,29,31H,3-4,6H2,1-2H3,(H,30,32)/b28-17+. The van der Waals surface area contributed by atoms with Gasteiger partial charge in [0.15, 0.2) is 0 Å². The number of phenolic OH excluding ortho intramolecular Hbond substituents is 1. The van der Waals surface area contributed by atoms with Crippen LogP contribution in [-0.2, 0) is 6.42 Å². The third-order valence-electron chi connectivity index (χ3n) is 5.57. The number of aromatic hydroxyl groups is 1. The average Bonchev–Trinajstić information content (AvgIpc) is 3.20. The molecule has 0 aliphatic heterocycles. The molecule has 0 saturated carbocycles. The molecule has 0 radical (unpaired) electrons. The normalized spacial score (nSPS) is 11.2. The fraction of sp³-hybridized carbons (Fsp3) is 0.185. The second-order valence-electron chi connectivity index (χ2n) is 7.88. The van der Waals surface area contributed by atoms with E-state index in [2.05, 4.69) is 40.6 Å². The molecule has 0 unspecified atom stereocenters. The Morgan fingerprint density at radius 2 is 1.94 bits per heavy atom. The molecule has 0 aliphatic rings. The van der Waals surface area contributed by atoms with Crippen LogP contribution in [0.15, 0.2) is 71.8 Å². The summed E-state index contributed by atoms with van der Waals surface area (Å²) in [5.41, 5.74) is 7.96. The van der Waals surface area contributed by atoms with Gasteiger partial charge in [-0.05, 0) is 78.6 Å². The third-order valence-corrected chi connectivity index (χ3v) is 5.57. The van der Waals surface area contributed by atoms with Crippen molar-refractivity contribution in [1.29, 1.82) is 0 Å². The lowest BCUT2D eigenvalue weighted by molar-refractivity contribution is 0.0954. The highest BCUT2D eigenvalue weighted by atomic mass is 16.5. The number of hydrazone groups is 1. The number of carbonyl (C=O) groups excluding carboxylic acids is 1. The van der Waals surface area contributed by atoms with E-state index in [1.54, 1.807) is 25.5 Å². The van der Waals surface area contributed by atoms with Crippen LogP contribution in [0, 0.1) is 0 Å². The molecule has 3 aromatic carbocycles. The Hall–Kier alpha value is -4.06. The molecule has 0 bridgehead atoms. The van der Waals surface area contributed by atoms with Gasteiger partial charge >= 0.3 is 0 Å². The van der Waals surface area contributed by atoms with E-state index < -0.39 is 5.91 Å². The summed E-state index contributed by atoms with van der Waals surface area (Å²) < 4.78 is 5.29. The highest BCUT2D eigenvalue weighted by Crippen LogP contribution is 2.31. The molecule has 0 atom stereocenters. The molecule has 4 aromatic rings. The molecule has 4 rings (SSSR count). The molecule has 1 aromatic heterocycles. The van der Waals surface area contributed by atoms with Gasteiger partial charge in [0.1, 0.15) is 11.5 Å². The minimum absolute atomic E-state index is 0.0321. The van der Waals surface area contributed by atoms with Gasteiger partial charge in [-0.2, -0.15) is 5.10 Å². The topological polar surface area (TPSA) is 86.7 Å². The van der Waals surface area contributed by atoms with Crippen LogP contribution >= 0.6 is 0 Å². The van der Waals surface area contributed by atoms with Crippen LogP contribution < -0.4 is 10.2 Å². The Morgan fingerprint density at radius 1 is 1.12 bits per heavy atom. The minimum Gasteiger partial charge on any atom is -0.508 e. The lowest BCUT2D eigenvalue weighted by Crippen LogP contribution is -2.17. The van der Waals surface area contributed by atoms with Gasteiger partial charge in [-0.1, -0.05) is 25.5 Å². The number of nitrogens with zero attached hydrogens (tertiary/aromatic N) is 1. The van der Waals surface area contributed by atoms with Gasteiger partial charge in [0.2, 0.25) is 0 Å². The monoisotopic (exact) mass is 441 g/mol. The Kier molecular flexibility index (Phi) is 6.74. The van der Waals surface area contributed by atoms with E-state index in [1.807, 2.05) is 24.3 Å². The van der Waals surface area contributed by atoms with Crippen LogP contribution in [0.3, 0.4) is 0 Å². The lowest BCUT2D eigenvalue weighted by Gasteiger charge is -2.04. The number of nitrogens with one attached hydrogen (secondary N) is 2. The number of aromatic nitrogens is 1. The average molecular weight is 442 g/mol. The van der Waals surface area contributed by atoms with Crippen molar-refractivity contribution in [2.24, 2.45) is 5.10 Å².